The highest BCUT2D eigenvalue weighted by Gasteiger charge is 2.27. The quantitative estimate of drug-likeness (QED) is 0.795. The van der Waals surface area contributed by atoms with E-state index < -0.39 is 0 Å². The summed E-state index contributed by atoms with van der Waals surface area (Å²) >= 11 is 0. The highest BCUT2D eigenvalue weighted by atomic mass is 16.5. The molecular formula is C15H15NO. The molecule has 1 aliphatic rings. The topological polar surface area (TPSA) is 22.1 Å². The third-order valence-electron chi connectivity index (χ3n) is 3.22. The van der Waals surface area contributed by atoms with Gasteiger partial charge in [0.25, 0.3) is 0 Å². The van der Waals surface area contributed by atoms with Crippen LogP contribution in [0.5, 0.6) is 5.75 Å². The molecule has 1 aliphatic carbocycles. The molecule has 0 bridgehead atoms. The lowest BCUT2D eigenvalue weighted by atomic mass is 10.00. The summed E-state index contributed by atoms with van der Waals surface area (Å²) in [5.41, 5.74) is 3.58. The largest absolute Gasteiger partial charge is 0.494 e. The summed E-state index contributed by atoms with van der Waals surface area (Å²) in [6.45, 7) is 0. The summed E-state index contributed by atoms with van der Waals surface area (Å²) in [5, 5.41) is 0. The Labute approximate surface area is 101 Å². The van der Waals surface area contributed by atoms with E-state index in [1.807, 2.05) is 18.3 Å². The normalized spacial score (nSPS) is 14.6. The fourth-order valence-electron chi connectivity index (χ4n) is 2.22. The Morgan fingerprint density at radius 3 is 2.71 bits per heavy atom. The van der Waals surface area contributed by atoms with Crippen LogP contribution in [-0.2, 0) is 0 Å². The van der Waals surface area contributed by atoms with Crippen LogP contribution in [0.4, 0.5) is 0 Å². The molecular weight excluding hydrogens is 210 g/mol. The summed E-state index contributed by atoms with van der Waals surface area (Å²) in [4.78, 5) is 4.47. The van der Waals surface area contributed by atoms with Crippen molar-refractivity contribution in [3.05, 3.63) is 48.2 Å². The van der Waals surface area contributed by atoms with E-state index >= 15 is 0 Å². The predicted molar refractivity (Wildman–Crippen MR) is 68.2 cm³/mol. The lowest BCUT2D eigenvalue weighted by Gasteiger charge is -2.11. The van der Waals surface area contributed by atoms with Crippen LogP contribution < -0.4 is 4.74 Å². The van der Waals surface area contributed by atoms with Gasteiger partial charge in [-0.2, -0.15) is 0 Å². The molecule has 17 heavy (non-hydrogen) atoms. The second kappa shape index (κ2) is 4.21. The molecule has 1 saturated carbocycles. The second-order valence-corrected chi connectivity index (χ2v) is 4.42. The molecule has 2 nitrogen and oxygen atoms in total. The van der Waals surface area contributed by atoms with Gasteiger partial charge in [0.05, 0.1) is 7.11 Å². The maximum atomic E-state index is 5.39. The van der Waals surface area contributed by atoms with E-state index in [4.69, 9.17) is 4.74 Å². The van der Waals surface area contributed by atoms with Gasteiger partial charge in [-0.15, -0.1) is 0 Å². The van der Waals surface area contributed by atoms with Crippen molar-refractivity contribution < 1.29 is 4.74 Å². The third kappa shape index (κ3) is 1.91. The minimum atomic E-state index is 0.720. The molecule has 0 unspecified atom stereocenters. The van der Waals surface area contributed by atoms with E-state index in [0.29, 0.717) is 0 Å². The SMILES string of the molecule is COc1cccnc1-c1ccccc1C1CC1. The monoisotopic (exact) mass is 225 g/mol. The van der Waals surface area contributed by atoms with Crippen molar-refractivity contribution >= 4 is 0 Å². The standard InChI is InChI=1S/C15H15NO/c1-17-14-7-4-10-16-15(14)13-6-3-2-5-12(13)11-8-9-11/h2-7,10-11H,8-9H2,1H3. The molecule has 0 amide bonds. The van der Waals surface area contributed by atoms with Gasteiger partial charge in [0.1, 0.15) is 11.4 Å². The van der Waals surface area contributed by atoms with Crippen molar-refractivity contribution in [2.24, 2.45) is 0 Å². The Bertz CT molecular complexity index is 532. The van der Waals surface area contributed by atoms with Crippen LogP contribution in [0, 0.1) is 0 Å². The van der Waals surface area contributed by atoms with Crippen molar-refractivity contribution in [2.45, 2.75) is 18.8 Å². The predicted octanol–water partition coefficient (Wildman–Crippen LogP) is 3.63. The molecule has 0 N–H and O–H groups in total. The average Bonchev–Trinajstić information content (AvgIpc) is 3.23. The highest BCUT2D eigenvalue weighted by Crippen LogP contribution is 2.45. The second-order valence-electron chi connectivity index (χ2n) is 4.42. The van der Waals surface area contributed by atoms with Gasteiger partial charge >= 0.3 is 0 Å². The minimum absolute atomic E-state index is 0.720. The number of aromatic nitrogens is 1. The van der Waals surface area contributed by atoms with E-state index in [9.17, 15) is 0 Å². The molecule has 0 atom stereocenters. The maximum absolute atomic E-state index is 5.39. The Hall–Kier alpha value is -1.83. The number of benzene rings is 1. The van der Waals surface area contributed by atoms with E-state index in [1.165, 1.54) is 24.0 Å². The van der Waals surface area contributed by atoms with Gasteiger partial charge < -0.3 is 4.74 Å². The maximum Gasteiger partial charge on any atom is 0.145 e. The zero-order valence-electron chi connectivity index (χ0n) is 9.89. The Balaban J connectivity index is 2.14. The summed E-state index contributed by atoms with van der Waals surface area (Å²) in [5.74, 6) is 1.57. The van der Waals surface area contributed by atoms with Gasteiger partial charge in [0.15, 0.2) is 0 Å². The molecule has 3 rings (SSSR count). The van der Waals surface area contributed by atoms with Crippen molar-refractivity contribution in [3.63, 3.8) is 0 Å². The van der Waals surface area contributed by atoms with Crippen LogP contribution in [0.15, 0.2) is 42.6 Å². The number of hydrogen-bond donors (Lipinski definition) is 0. The number of hydrogen-bond acceptors (Lipinski definition) is 2. The molecule has 0 radical (unpaired) electrons. The summed E-state index contributed by atoms with van der Waals surface area (Å²) in [6.07, 6.45) is 4.42. The zero-order chi connectivity index (χ0) is 11.7. The van der Waals surface area contributed by atoms with Crippen LogP contribution in [0.1, 0.15) is 24.3 Å². The van der Waals surface area contributed by atoms with Crippen molar-refractivity contribution in [3.8, 4) is 17.0 Å². The fraction of sp³-hybridized carbons (Fsp3) is 0.267. The number of pyridine rings is 1. The molecule has 86 valence electrons. The smallest absolute Gasteiger partial charge is 0.145 e. The third-order valence-corrected chi connectivity index (χ3v) is 3.22. The summed E-state index contributed by atoms with van der Waals surface area (Å²) in [6, 6.07) is 12.4. The fourth-order valence-corrected chi connectivity index (χ4v) is 2.22. The lowest BCUT2D eigenvalue weighted by Crippen LogP contribution is -1.93. The van der Waals surface area contributed by atoms with Crippen molar-refractivity contribution in [1.29, 1.82) is 0 Å². The average molecular weight is 225 g/mol. The number of methoxy groups -OCH3 is 1. The highest BCUT2D eigenvalue weighted by molar-refractivity contribution is 5.70. The van der Waals surface area contributed by atoms with Crippen LogP contribution in [0.3, 0.4) is 0 Å². The first kappa shape index (κ1) is 10.3. The Kier molecular flexibility index (Phi) is 2.56. The molecule has 2 aromatic rings. The first-order chi connectivity index (χ1) is 8.40. The van der Waals surface area contributed by atoms with Crippen molar-refractivity contribution in [1.82, 2.24) is 4.98 Å². The lowest BCUT2D eigenvalue weighted by molar-refractivity contribution is 0.415. The van der Waals surface area contributed by atoms with Gasteiger partial charge in [-0.05, 0) is 36.5 Å². The Morgan fingerprint density at radius 2 is 1.94 bits per heavy atom. The Morgan fingerprint density at radius 1 is 1.12 bits per heavy atom. The molecule has 0 spiro atoms. The first-order valence-electron chi connectivity index (χ1n) is 5.98. The molecule has 0 aliphatic heterocycles. The van der Waals surface area contributed by atoms with Gasteiger partial charge in [-0.25, -0.2) is 0 Å². The number of nitrogens with zero attached hydrogens (tertiary/aromatic N) is 1. The zero-order valence-corrected chi connectivity index (χ0v) is 9.89. The van der Waals surface area contributed by atoms with Crippen LogP contribution in [-0.4, -0.2) is 12.1 Å². The minimum Gasteiger partial charge on any atom is -0.494 e. The molecule has 2 heteroatoms. The molecule has 1 fully saturated rings. The number of ether oxygens (including phenoxy) is 1. The van der Waals surface area contributed by atoms with E-state index in [0.717, 1.165) is 17.4 Å². The van der Waals surface area contributed by atoms with Gasteiger partial charge in [-0.3, -0.25) is 4.98 Å². The molecule has 1 aromatic carbocycles. The van der Waals surface area contributed by atoms with Gasteiger partial charge in [0.2, 0.25) is 0 Å². The number of rotatable bonds is 3. The first-order valence-corrected chi connectivity index (χ1v) is 5.98. The van der Waals surface area contributed by atoms with Gasteiger partial charge in [0, 0.05) is 11.8 Å². The van der Waals surface area contributed by atoms with Crippen LogP contribution in [0.25, 0.3) is 11.3 Å². The summed E-state index contributed by atoms with van der Waals surface area (Å²) in [7, 11) is 1.69. The van der Waals surface area contributed by atoms with Crippen LogP contribution >= 0.6 is 0 Å². The van der Waals surface area contributed by atoms with E-state index in [2.05, 4.69) is 29.2 Å². The van der Waals surface area contributed by atoms with Crippen molar-refractivity contribution in [2.75, 3.05) is 7.11 Å². The van der Waals surface area contributed by atoms with Crippen LogP contribution in [0.2, 0.25) is 0 Å². The van der Waals surface area contributed by atoms with E-state index in [-0.39, 0.29) is 0 Å². The van der Waals surface area contributed by atoms with E-state index in [1.54, 1.807) is 7.11 Å². The molecule has 0 saturated heterocycles. The molecule has 1 aromatic heterocycles. The molecule has 1 heterocycles. The summed E-state index contributed by atoms with van der Waals surface area (Å²) < 4.78 is 5.39. The van der Waals surface area contributed by atoms with Gasteiger partial charge in [-0.1, -0.05) is 24.3 Å².